The number of methoxy groups -OCH3 is 2. The Morgan fingerprint density at radius 3 is 2.50 bits per heavy atom. The van der Waals surface area contributed by atoms with Gasteiger partial charge in [-0.1, -0.05) is 12.1 Å². The molecule has 2 N–H and O–H groups in total. The Morgan fingerprint density at radius 2 is 1.88 bits per heavy atom. The fraction of sp³-hybridized carbons (Fsp3) is 0.188. The maximum atomic E-state index is 12.4. The van der Waals surface area contributed by atoms with E-state index in [4.69, 9.17) is 9.47 Å². The van der Waals surface area contributed by atoms with Crippen molar-refractivity contribution >= 4 is 15.7 Å². The first-order valence-corrected chi connectivity index (χ1v) is 8.43. The lowest BCUT2D eigenvalue weighted by molar-refractivity contribution is 0.386. The Labute approximate surface area is 140 Å². The van der Waals surface area contributed by atoms with E-state index in [-0.39, 0.29) is 16.4 Å². The molecule has 0 saturated heterocycles. The smallest absolute Gasteiger partial charge is 0.280 e. The van der Waals surface area contributed by atoms with Crippen molar-refractivity contribution in [2.24, 2.45) is 5.10 Å². The Kier molecular flexibility index (Phi) is 5.30. The molecular weight excluding hydrogens is 332 g/mol. The number of benzene rings is 2. The summed E-state index contributed by atoms with van der Waals surface area (Å²) in [5.41, 5.74) is 1.00. The molecule has 0 aliphatic carbocycles. The number of ether oxygens (including phenoxy) is 2. The summed E-state index contributed by atoms with van der Waals surface area (Å²) in [6, 6.07) is 10.7. The SMILES string of the molecule is COc1ccc(S(=O)(=O)N/N=C(/C)c2cccc(O)c2)c(OC)c1. The van der Waals surface area contributed by atoms with Gasteiger partial charge < -0.3 is 14.6 Å². The number of hydrazone groups is 1. The van der Waals surface area contributed by atoms with E-state index in [9.17, 15) is 13.5 Å². The predicted octanol–water partition coefficient (Wildman–Crippen LogP) is 2.11. The highest BCUT2D eigenvalue weighted by atomic mass is 32.2. The van der Waals surface area contributed by atoms with E-state index in [1.165, 1.54) is 44.6 Å². The third kappa shape index (κ3) is 3.96. The van der Waals surface area contributed by atoms with E-state index in [1.807, 2.05) is 0 Å². The average molecular weight is 350 g/mol. The maximum absolute atomic E-state index is 12.4. The Balaban J connectivity index is 2.30. The van der Waals surface area contributed by atoms with Gasteiger partial charge in [0.05, 0.1) is 19.9 Å². The summed E-state index contributed by atoms with van der Waals surface area (Å²) < 4.78 is 35.0. The van der Waals surface area contributed by atoms with Crippen LogP contribution in [0.4, 0.5) is 0 Å². The van der Waals surface area contributed by atoms with E-state index >= 15 is 0 Å². The normalized spacial score (nSPS) is 11.9. The van der Waals surface area contributed by atoms with Gasteiger partial charge in [-0.15, -0.1) is 0 Å². The molecule has 2 aromatic rings. The van der Waals surface area contributed by atoms with Gasteiger partial charge in [0, 0.05) is 11.6 Å². The van der Waals surface area contributed by atoms with Gasteiger partial charge in [-0.3, -0.25) is 0 Å². The minimum Gasteiger partial charge on any atom is -0.508 e. The molecule has 0 aliphatic rings. The van der Waals surface area contributed by atoms with Gasteiger partial charge >= 0.3 is 0 Å². The zero-order valence-electron chi connectivity index (χ0n) is 13.5. The molecule has 24 heavy (non-hydrogen) atoms. The number of aromatic hydroxyl groups is 1. The van der Waals surface area contributed by atoms with Crippen LogP contribution >= 0.6 is 0 Å². The summed E-state index contributed by atoms with van der Waals surface area (Å²) in [5.74, 6) is 0.694. The summed E-state index contributed by atoms with van der Waals surface area (Å²) in [6.07, 6.45) is 0. The van der Waals surface area contributed by atoms with E-state index in [2.05, 4.69) is 9.93 Å². The Bertz CT molecular complexity index is 863. The molecule has 0 aliphatic heterocycles. The first-order chi connectivity index (χ1) is 11.4. The third-order valence-electron chi connectivity index (χ3n) is 3.26. The summed E-state index contributed by atoms with van der Waals surface area (Å²) in [5, 5.41) is 13.3. The maximum Gasteiger partial charge on any atom is 0.280 e. The lowest BCUT2D eigenvalue weighted by Gasteiger charge is -2.11. The zero-order chi connectivity index (χ0) is 17.7. The van der Waals surface area contributed by atoms with Crippen LogP contribution in [0, 0.1) is 0 Å². The number of rotatable bonds is 6. The highest BCUT2D eigenvalue weighted by Gasteiger charge is 2.19. The molecule has 0 atom stereocenters. The first-order valence-electron chi connectivity index (χ1n) is 6.95. The van der Waals surface area contributed by atoms with Crippen molar-refractivity contribution in [1.29, 1.82) is 0 Å². The van der Waals surface area contributed by atoms with Gasteiger partial charge in [0.1, 0.15) is 22.1 Å². The highest BCUT2D eigenvalue weighted by molar-refractivity contribution is 7.89. The number of nitrogens with zero attached hydrogens (tertiary/aromatic N) is 1. The highest BCUT2D eigenvalue weighted by Crippen LogP contribution is 2.28. The molecule has 128 valence electrons. The van der Waals surface area contributed by atoms with Crippen LogP contribution in [0.2, 0.25) is 0 Å². The summed E-state index contributed by atoms with van der Waals surface area (Å²) in [4.78, 5) is 2.11. The standard InChI is InChI=1S/C16H18N2O5S/c1-11(12-5-4-6-13(19)9-12)17-18-24(20,21)16-8-7-14(22-2)10-15(16)23-3/h4-10,18-19H,1-3H3/b17-11-. The van der Waals surface area contributed by atoms with Crippen LogP contribution in [0.1, 0.15) is 12.5 Å². The number of hydrogen-bond acceptors (Lipinski definition) is 6. The fourth-order valence-electron chi connectivity index (χ4n) is 1.97. The van der Waals surface area contributed by atoms with Crippen LogP contribution in [-0.2, 0) is 10.0 Å². The van der Waals surface area contributed by atoms with Gasteiger partial charge in [-0.05, 0) is 31.2 Å². The molecule has 2 aromatic carbocycles. The molecule has 0 unspecified atom stereocenters. The first kappa shape index (κ1) is 17.6. The molecule has 2 rings (SSSR count). The van der Waals surface area contributed by atoms with Gasteiger partial charge in [0.25, 0.3) is 10.0 Å². The van der Waals surface area contributed by atoms with Gasteiger partial charge in [0.15, 0.2) is 0 Å². The molecule has 0 saturated carbocycles. The molecule has 0 bridgehead atoms. The molecule has 0 aromatic heterocycles. The van der Waals surface area contributed by atoms with Crippen molar-refractivity contribution in [3.63, 3.8) is 0 Å². The summed E-state index contributed by atoms with van der Waals surface area (Å²) >= 11 is 0. The van der Waals surface area contributed by atoms with Crippen molar-refractivity contribution < 1.29 is 23.0 Å². The Hall–Kier alpha value is -2.74. The van der Waals surface area contributed by atoms with Gasteiger partial charge in [0.2, 0.25) is 0 Å². The average Bonchev–Trinajstić information content (AvgIpc) is 2.59. The lowest BCUT2D eigenvalue weighted by atomic mass is 10.1. The minimum atomic E-state index is -3.92. The molecule has 0 amide bonds. The Morgan fingerprint density at radius 1 is 1.12 bits per heavy atom. The van der Waals surface area contributed by atoms with Gasteiger partial charge in [-0.25, -0.2) is 0 Å². The number of phenols is 1. The van der Waals surface area contributed by atoms with Crippen LogP contribution < -0.4 is 14.3 Å². The third-order valence-corrected chi connectivity index (χ3v) is 4.51. The van der Waals surface area contributed by atoms with Crippen LogP contribution in [0.5, 0.6) is 17.2 Å². The molecule has 0 fully saturated rings. The molecule has 0 radical (unpaired) electrons. The second-order valence-corrected chi connectivity index (χ2v) is 6.49. The summed E-state index contributed by atoms with van der Waals surface area (Å²) in [6.45, 7) is 1.63. The molecule has 0 heterocycles. The van der Waals surface area contributed by atoms with Crippen molar-refractivity contribution in [2.45, 2.75) is 11.8 Å². The van der Waals surface area contributed by atoms with Crippen molar-refractivity contribution in [3.8, 4) is 17.2 Å². The van der Waals surface area contributed by atoms with Crippen LogP contribution in [0.3, 0.4) is 0 Å². The number of sulfonamides is 1. The quantitative estimate of drug-likeness (QED) is 0.614. The van der Waals surface area contributed by atoms with Crippen LogP contribution in [0.25, 0.3) is 0 Å². The molecular formula is C16H18N2O5S. The van der Waals surface area contributed by atoms with E-state index < -0.39 is 10.0 Å². The molecule has 0 spiro atoms. The van der Waals surface area contributed by atoms with Crippen LogP contribution in [-0.4, -0.2) is 33.5 Å². The number of nitrogens with one attached hydrogen (secondary N) is 1. The van der Waals surface area contributed by atoms with Crippen molar-refractivity contribution in [1.82, 2.24) is 4.83 Å². The van der Waals surface area contributed by atoms with E-state index in [0.29, 0.717) is 17.0 Å². The van der Waals surface area contributed by atoms with Gasteiger partial charge in [-0.2, -0.15) is 18.4 Å². The second-order valence-electron chi connectivity index (χ2n) is 4.86. The van der Waals surface area contributed by atoms with Crippen molar-refractivity contribution in [3.05, 3.63) is 48.0 Å². The summed E-state index contributed by atoms with van der Waals surface area (Å²) in [7, 11) is -1.08. The zero-order valence-corrected chi connectivity index (χ0v) is 14.3. The van der Waals surface area contributed by atoms with E-state index in [0.717, 1.165) is 0 Å². The number of phenolic OH excluding ortho intramolecular Hbond substituents is 1. The monoisotopic (exact) mass is 350 g/mol. The predicted molar refractivity (Wildman–Crippen MR) is 90.2 cm³/mol. The second kappa shape index (κ2) is 7.22. The van der Waals surface area contributed by atoms with Crippen molar-refractivity contribution in [2.75, 3.05) is 14.2 Å². The molecule has 7 nitrogen and oxygen atoms in total. The molecule has 8 heteroatoms. The largest absolute Gasteiger partial charge is 0.508 e. The number of hydrogen-bond donors (Lipinski definition) is 2. The fourth-order valence-corrected chi connectivity index (χ4v) is 2.98. The van der Waals surface area contributed by atoms with E-state index in [1.54, 1.807) is 19.1 Å². The topological polar surface area (TPSA) is 97.2 Å². The van der Waals surface area contributed by atoms with Crippen LogP contribution in [0.15, 0.2) is 52.5 Å². The minimum absolute atomic E-state index is 0.0572. The lowest BCUT2D eigenvalue weighted by Crippen LogP contribution is -2.20.